The van der Waals surface area contributed by atoms with Crippen molar-refractivity contribution in [3.05, 3.63) is 54.0 Å². The van der Waals surface area contributed by atoms with Crippen LogP contribution in [0, 0.1) is 0 Å². The van der Waals surface area contributed by atoms with E-state index in [4.69, 9.17) is 4.42 Å². The Labute approximate surface area is 146 Å². The average Bonchev–Trinajstić information content (AvgIpc) is 3.22. The zero-order chi connectivity index (χ0) is 18.0. The molecule has 0 saturated heterocycles. The van der Waals surface area contributed by atoms with E-state index in [1.807, 2.05) is 6.07 Å². The Hall–Kier alpha value is -2.61. The van der Waals surface area contributed by atoms with Gasteiger partial charge in [0.1, 0.15) is 11.8 Å². The SMILES string of the molecule is CCC(=O)N1N=C(c2ccc(NS(C)(=O)=O)cc2)CC1c1ccco1. The lowest BCUT2D eigenvalue weighted by molar-refractivity contribution is -0.133. The Morgan fingerprint density at radius 1 is 1.32 bits per heavy atom. The van der Waals surface area contributed by atoms with Crippen LogP contribution in [-0.2, 0) is 14.8 Å². The average molecular weight is 361 g/mol. The van der Waals surface area contributed by atoms with Crippen LogP contribution in [0.1, 0.15) is 37.1 Å². The van der Waals surface area contributed by atoms with Crippen molar-refractivity contribution in [1.29, 1.82) is 0 Å². The van der Waals surface area contributed by atoms with E-state index in [9.17, 15) is 13.2 Å². The van der Waals surface area contributed by atoms with E-state index >= 15 is 0 Å². The summed E-state index contributed by atoms with van der Waals surface area (Å²) in [5.41, 5.74) is 2.07. The summed E-state index contributed by atoms with van der Waals surface area (Å²) in [4.78, 5) is 12.2. The second-order valence-electron chi connectivity index (χ2n) is 5.83. The maximum absolute atomic E-state index is 12.2. The van der Waals surface area contributed by atoms with Crippen molar-refractivity contribution in [1.82, 2.24) is 5.01 Å². The maximum Gasteiger partial charge on any atom is 0.243 e. The molecule has 8 heteroatoms. The highest BCUT2D eigenvalue weighted by Crippen LogP contribution is 2.33. The molecule has 3 rings (SSSR count). The van der Waals surface area contributed by atoms with Gasteiger partial charge in [-0.15, -0.1) is 0 Å². The second kappa shape index (κ2) is 6.72. The minimum absolute atomic E-state index is 0.0771. The molecule has 1 aromatic heterocycles. The molecule has 1 aromatic carbocycles. The summed E-state index contributed by atoms with van der Waals surface area (Å²) in [6.45, 7) is 1.79. The van der Waals surface area contributed by atoms with Gasteiger partial charge in [0.25, 0.3) is 0 Å². The molecule has 0 fully saturated rings. The molecule has 0 spiro atoms. The Bertz CT molecular complexity index is 886. The van der Waals surface area contributed by atoms with E-state index in [1.165, 1.54) is 5.01 Å². The Morgan fingerprint density at radius 2 is 2.04 bits per heavy atom. The van der Waals surface area contributed by atoms with Crippen LogP contribution in [0.25, 0.3) is 0 Å². The number of carbonyl (C=O) groups excluding carboxylic acids is 1. The van der Waals surface area contributed by atoms with Crippen molar-refractivity contribution in [3.8, 4) is 0 Å². The summed E-state index contributed by atoms with van der Waals surface area (Å²) < 4.78 is 30.4. The molecule has 2 aromatic rings. The fraction of sp³-hybridized carbons (Fsp3) is 0.294. The molecule has 0 saturated carbocycles. The number of nitrogens with one attached hydrogen (secondary N) is 1. The van der Waals surface area contributed by atoms with Crippen molar-refractivity contribution in [3.63, 3.8) is 0 Å². The van der Waals surface area contributed by atoms with E-state index in [-0.39, 0.29) is 11.9 Å². The number of sulfonamides is 1. The zero-order valence-corrected chi connectivity index (χ0v) is 14.8. The standard InChI is InChI=1S/C17H19N3O4S/c1-3-17(21)20-15(16-5-4-10-24-16)11-14(18-20)12-6-8-13(9-7-12)19-25(2,22)23/h4-10,15,19H,3,11H2,1-2H3. The summed E-state index contributed by atoms with van der Waals surface area (Å²) in [5, 5.41) is 5.94. The molecule has 7 nitrogen and oxygen atoms in total. The fourth-order valence-electron chi connectivity index (χ4n) is 2.72. The van der Waals surface area contributed by atoms with Crippen LogP contribution in [0.5, 0.6) is 0 Å². The van der Waals surface area contributed by atoms with Crippen LogP contribution in [0.2, 0.25) is 0 Å². The lowest BCUT2D eigenvalue weighted by Gasteiger charge is -2.18. The minimum Gasteiger partial charge on any atom is -0.467 e. The van der Waals surface area contributed by atoms with Gasteiger partial charge in [-0.05, 0) is 29.8 Å². The van der Waals surface area contributed by atoms with Crippen LogP contribution in [0.3, 0.4) is 0 Å². The number of hydrogen-bond acceptors (Lipinski definition) is 5. The van der Waals surface area contributed by atoms with Crippen LogP contribution < -0.4 is 4.72 Å². The van der Waals surface area contributed by atoms with Gasteiger partial charge in [0.05, 0.1) is 18.2 Å². The number of benzene rings is 1. The van der Waals surface area contributed by atoms with E-state index in [2.05, 4.69) is 9.82 Å². The van der Waals surface area contributed by atoms with Gasteiger partial charge in [0.15, 0.2) is 0 Å². The lowest BCUT2D eigenvalue weighted by atomic mass is 10.0. The molecule has 1 amide bonds. The van der Waals surface area contributed by atoms with Crippen LogP contribution in [0.15, 0.2) is 52.2 Å². The van der Waals surface area contributed by atoms with Crippen molar-refractivity contribution < 1.29 is 17.6 Å². The number of hydrazone groups is 1. The molecular formula is C17H19N3O4S. The predicted molar refractivity (Wildman–Crippen MR) is 94.6 cm³/mol. The highest BCUT2D eigenvalue weighted by Gasteiger charge is 2.34. The largest absolute Gasteiger partial charge is 0.467 e. The summed E-state index contributed by atoms with van der Waals surface area (Å²) in [6, 6.07) is 10.3. The highest BCUT2D eigenvalue weighted by molar-refractivity contribution is 7.92. The number of hydrogen-bond donors (Lipinski definition) is 1. The van der Waals surface area contributed by atoms with Crippen molar-refractivity contribution in [2.45, 2.75) is 25.8 Å². The first-order valence-electron chi connectivity index (χ1n) is 7.88. The van der Waals surface area contributed by atoms with Gasteiger partial charge in [0, 0.05) is 18.5 Å². The van der Waals surface area contributed by atoms with Crippen LogP contribution in [0.4, 0.5) is 5.69 Å². The van der Waals surface area contributed by atoms with Crippen LogP contribution in [-0.4, -0.2) is 31.3 Å². The van der Waals surface area contributed by atoms with Gasteiger partial charge in [-0.25, -0.2) is 13.4 Å². The predicted octanol–water partition coefficient (Wildman–Crippen LogP) is 2.74. The molecule has 1 aliphatic rings. The number of rotatable bonds is 5. The molecule has 25 heavy (non-hydrogen) atoms. The van der Waals surface area contributed by atoms with E-state index < -0.39 is 10.0 Å². The number of carbonyl (C=O) groups is 1. The number of anilines is 1. The third-order valence-electron chi connectivity index (χ3n) is 3.86. The highest BCUT2D eigenvalue weighted by atomic mass is 32.2. The summed E-state index contributed by atoms with van der Waals surface area (Å²) >= 11 is 0. The van der Waals surface area contributed by atoms with Gasteiger partial charge in [-0.3, -0.25) is 9.52 Å². The van der Waals surface area contributed by atoms with E-state index in [1.54, 1.807) is 43.5 Å². The van der Waals surface area contributed by atoms with E-state index in [0.29, 0.717) is 24.3 Å². The Morgan fingerprint density at radius 3 is 2.60 bits per heavy atom. The smallest absolute Gasteiger partial charge is 0.243 e. The molecule has 2 heterocycles. The maximum atomic E-state index is 12.2. The molecule has 1 N–H and O–H groups in total. The third kappa shape index (κ3) is 3.90. The van der Waals surface area contributed by atoms with Gasteiger partial charge in [0.2, 0.25) is 15.9 Å². The first-order valence-corrected chi connectivity index (χ1v) is 9.77. The van der Waals surface area contributed by atoms with Crippen molar-refractivity contribution >= 4 is 27.3 Å². The quantitative estimate of drug-likeness (QED) is 0.886. The monoisotopic (exact) mass is 361 g/mol. The molecule has 0 aliphatic carbocycles. The first-order chi connectivity index (χ1) is 11.9. The third-order valence-corrected chi connectivity index (χ3v) is 4.47. The van der Waals surface area contributed by atoms with E-state index in [0.717, 1.165) is 17.5 Å². The fourth-order valence-corrected chi connectivity index (χ4v) is 3.29. The van der Waals surface area contributed by atoms with Crippen molar-refractivity contribution in [2.24, 2.45) is 5.10 Å². The molecular weight excluding hydrogens is 342 g/mol. The number of furan rings is 1. The topological polar surface area (TPSA) is 92.0 Å². The Kier molecular flexibility index (Phi) is 4.63. The number of nitrogens with zero attached hydrogens (tertiary/aromatic N) is 2. The first kappa shape index (κ1) is 17.2. The summed E-state index contributed by atoms with van der Waals surface area (Å²) in [7, 11) is -3.32. The van der Waals surface area contributed by atoms with Gasteiger partial charge in [-0.2, -0.15) is 5.10 Å². The van der Waals surface area contributed by atoms with Gasteiger partial charge >= 0.3 is 0 Å². The molecule has 1 unspecified atom stereocenters. The molecule has 0 radical (unpaired) electrons. The normalized spacial score (nSPS) is 17.4. The number of amides is 1. The second-order valence-corrected chi connectivity index (χ2v) is 7.57. The zero-order valence-electron chi connectivity index (χ0n) is 14.0. The lowest BCUT2D eigenvalue weighted by Crippen LogP contribution is -2.25. The van der Waals surface area contributed by atoms with Gasteiger partial charge in [-0.1, -0.05) is 19.1 Å². The summed E-state index contributed by atoms with van der Waals surface area (Å²) in [6.07, 6.45) is 3.57. The summed E-state index contributed by atoms with van der Waals surface area (Å²) in [5.74, 6) is 0.614. The molecule has 1 aliphatic heterocycles. The molecule has 0 bridgehead atoms. The Balaban J connectivity index is 1.85. The minimum atomic E-state index is -3.32. The van der Waals surface area contributed by atoms with Gasteiger partial charge < -0.3 is 4.42 Å². The van der Waals surface area contributed by atoms with Crippen LogP contribution >= 0.6 is 0 Å². The van der Waals surface area contributed by atoms with Crippen molar-refractivity contribution in [2.75, 3.05) is 11.0 Å². The molecule has 132 valence electrons. The molecule has 1 atom stereocenters.